The Morgan fingerprint density at radius 2 is 1.25 bits per heavy atom. The van der Waals surface area contributed by atoms with Crippen LogP contribution in [0.25, 0.3) is 0 Å². The lowest BCUT2D eigenvalue weighted by Crippen LogP contribution is -4.29. The monoisotopic (exact) mass is 352 g/mol. The molecular formula is H2I2O6. The maximum absolute atomic E-state index is 8.62. The van der Waals surface area contributed by atoms with Crippen LogP contribution >= 0.6 is 23.0 Å². The first-order valence-electron chi connectivity index (χ1n) is 0.976. The van der Waals surface area contributed by atoms with E-state index >= 15 is 0 Å². The summed E-state index contributed by atoms with van der Waals surface area (Å²) in [5, 5.41) is 5.70. The van der Waals surface area contributed by atoms with Gasteiger partial charge in [0.25, 0.3) is 0 Å². The van der Waals surface area contributed by atoms with Gasteiger partial charge in [0, 0.05) is 0 Å². The largest absolute Gasteiger partial charge is 0.286 e. The highest BCUT2D eigenvalue weighted by Gasteiger charge is 1.94. The molecule has 8 heteroatoms. The van der Waals surface area contributed by atoms with Crippen molar-refractivity contribution in [2.75, 3.05) is 0 Å². The van der Waals surface area contributed by atoms with Crippen LogP contribution in [0.4, 0.5) is 0 Å². The predicted octanol–water partition coefficient (Wildman–Crippen LogP) is -7.76. The van der Waals surface area contributed by atoms with Gasteiger partial charge >= 0.3 is 0 Å². The third kappa shape index (κ3) is 188. The van der Waals surface area contributed by atoms with Crippen molar-refractivity contribution in [1.82, 2.24) is 0 Å². The van der Waals surface area contributed by atoms with Crippen LogP contribution < -0.4 is 33.8 Å². The Hall–Kier alpha value is 1.22. The first-order chi connectivity index (χ1) is 3.41. The average molecular weight is 352 g/mol. The molecule has 0 rings (SSSR count). The zero-order valence-electron chi connectivity index (χ0n) is 3.30. The molecule has 0 aromatic rings. The van der Waals surface area contributed by atoms with E-state index in [0.29, 0.717) is 0 Å². The minimum Gasteiger partial charge on any atom is -0.286 e. The molecule has 0 fully saturated rings. The first kappa shape index (κ1) is 12.0. The molecule has 0 saturated carbocycles. The van der Waals surface area contributed by atoms with Crippen molar-refractivity contribution in [3.8, 4) is 0 Å². The maximum Gasteiger partial charge on any atom is 0.217 e. The van der Waals surface area contributed by atoms with Crippen LogP contribution in [0.15, 0.2) is 0 Å². The summed E-state index contributed by atoms with van der Waals surface area (Å²) in [4.78, 5) is 0. The van der Waals surface area contributed by atoms with Gasteiger partial charge in [-0.3, -0.25) is 19.0 Å². The molecule has 8 heavy (non-hydrogen) atoms. The van der Waals surface area contributed by atoms with Crippen LogP contribution in [0.5, 0.6) is 0 Å². The summed E-state index contributed by atoms with van der Waals surface area (Å²) in [5.41, 5.74) is 0. The summed E-state index contributed by atoms with van der Waals surface area (Å²) >= 11 is -4.48. The van der Waals surface area contributed by atoms with Crippen LogP contribution in [0.2, 0.25) is 0 Å². The van der Waals surface area contributed by atoms with Crippen LogP contribution in [0, 0.1) is 0 Å². The highest BCUT2D eigenvalue weighted by atomic mass is 127. The average Bonchev–Trinajstić information content (AvgIpc) is 1.27. The Kier molecular flexibility index (Phi) is 9.47. The Balaban J connectivity index is 0. The third-order valence-corrected chi connectivity index (χ3v) is 0. The SMILES string of the molecule is [O-][I+3]([O-])([O-])[O-].[OH2+]OI. The third-order valence-electron chi connectivity index (χ3n) is 0. The van der Waals surface area contributed by atoms with Crippen LogP contribution in [0.3, 0.4) is 0 Å². The fourth-order valence-electron chi connectivity index (χ4n) is 0. The van der Waals surface area contributed by atoms with E-state index in [4.69, 9.17) is 19.0 Å². The number of hydrogen-bond donors (Lipinski definition) is 0. The van der Waals surface area contributed by atoms with E-state index in [9.17, 15) is 0 Å². The fraction of sp³-hybridized carbons (Fsp3) is 0. The first-order valence-corrected chi connectivity index (χ1v) is 5.38. The van der Waals surface area contributed by atoms with Gasteiger partial charge in [-0.1, -0.05) is 0 Å². The van der Waals surface area contributed by atoms with Crippen LogP contribution in [0.1, 0.15) is 0 Å². The molecule has 0 aromatic carbocycles. The smallest absolute Gasteiger partial charge is 0.217 e. The molecule has 0 spiro atoms. The van der Waals surface area contributed by atoms with E-state index in [1.807, 2.05) is 0 Å². The minimum atomic E-state index is -5.94. The zero-order valence-corrected chi connectivity index (χ0v) is 7.61. The van der Waals surface area contributed by atoms with Gasteiger partial charge in [0.05, 0.1) is 0 Å². The summed E-state index contributed by atoms with van der Waals surface area (Å²) in [6.07, 6.45) is 0. The van der Waals surface area contributed by atoms with Crippen molar-refractivity contribution < 1.29 is 42.3 Å². The van der Waals surface area contributed by atoms with Gasteiger partial charge in [0.2, 0.25) is 23.0 Å². The number of halogens is 2. The standard InChI is InChI=1S/IO4.HIO2/c2-1(3,4)5;1-3-2/h;2H/q-1;/p+1. The fourth-order valence-corrected chi connectivity index (χ4v) is 0. The summed E-state index contributed by atoms with van der Waals surface area (Å²) in [6, 6.07) is 0. The quantitative estimate of drug-likeness (QED) is 0.185. The Bertz CT molecular complexity index is 30.3. The summed E-state index contributed by atoms with van der Waals surface area (Å²) < 4.78 is 37.9. The van der Waals surface area contributed by atoms with Gasteiger partial charge in [-0.05, 0) is 3.22 Å². The molecule has 0 aliphatic carbocycles. The van der Waals surface area contributed by atoms with Crippen molar-refractivity contribution in [2.45, 2.75) is 0 Å². The molecule has 2 N–H and O–H groups in total. The molecule has 0 radical (unpaired) electrons. The second kappa shape index (κ2) is 6.34. The maximum atomic E-state index is 8.62. The Morgan fingerprint density at radius 1 is 1.25 bits per heavy atom. The zero-order chi connectivity index (χ0) is 7.21. The molecule has 0 aromatic heterocycles. The van der Waals surface area contributed by atoms with Gasteiger partial charge in [0.1, 0.15) is 20.1 Å². The van der Waals surface area contributed by atoms with Gasteiger partial charge in [0.15, 0.2) is 0 Å². The normalized spacial score (nSPS) is 9.75. The molecule has 0 aliphatic heterocycles. The molecule has 0 unspecified atom stereocenters. The molecule has 0 heterocycles. The van der Waals surface area contributed by atoms with Crippen LogP contribution in [-0.2, 0) is 3.22 Å². The molecule has 6 nitrogen and oxygen atoms in total. The Morgan fingerprint density at radius 3 is 1.25 bits per heavy atom. The van der Waals surface area contributed by atoms with Crippen molar-refractivity contribution in [1.29, 1.82) is 0 Å². The Labute approximate surface area is 65.0 Å². The number of rotatable bonds is 0. The number of hydrogen-bond acceptors (Lipinski definition) is 5. The minimum absolute atomic E-state index is 1.46. The van der Waals surface area contributed by atoms with Gasteiger partial charge < -0.3 is 0 Å². The van der Waals surface area contributed by atoms with E-state index in [1.54, 1.807) is 0 Å². The summed E-state index contributed by atoms with van der Waals surface area (Å²) in [6.45, 7) is 0. The summed E-state index contributed by atoms with van der Waals surface area (Å²) in [5.74, 6) is 0. The van der Waals surface area contributed by atoms with Crippen molar-refractivity contribution in [3.63, 3.8) is 0 Å². The van der Waals surface area contributed by atoms with Crippen molar-refractivity contribution >= 4 is 23.0 Å². The van der Waals surface area contributed by atoms with Crippen LogP contribution in [-0.4, -0.2) is 5.26 Å². The lowest BCUT2D eigenvalue weighted by Gasteiger charge is -2.08. The molecule has 0 bridgehead atoms. The second-order valence-electron chi connectivity index (χ2n) is 0.455. The van der Waals surface area contributed by atoms with E-state index in [1.165, 1.54) is 23.0 Å². The molecule has 0 aliphatic rings. The van der Waals surface area contributed by atoms with Crippen molar-refractivity contribution in [2.24, 2.45) is 0 Å². The highest BCUT2D eigenvalue weighted by molar-refractivity contribution is 14.1. The molecule has 0 amide bonds. The van der Waals surface area contributed by atoms with Gasteiger partial charge in [-0.25, -0.2) is 0 Å². The summed E-state index contributed by atoms with van der Waals surface area (Å²) in [7, 11) is 0. The lowest BCUT2D eigenvalue weighted by atomic mass is 15.0. The highest BCUT2D eigenvalue weighted by Crippen LogP contribution is 1.69. The van der Waals surface area contributed by atoms with Gasteiger partial charge in [-0.2, -0.15) is 0 Å². The predicted molar refractivity (Wildman–Crippen MR) is 18.7 cm³/mol. The van der Waals surface area contributed by atoms with Crippen molar-refractivity contribution in [3.05, 3.63) is 0 Å². The molecular weight excluding hydrogens is 350 g/mol. The van der Waals surface area contributed by atoms with E-state index < -0.39 is 20.1 Å². The lowest BCUT2D eigenvalue weighted by molar-refractivity contribution is -2.00. The molecule has 52 valence electrons. The van der Waals surface area contributed by atoms with E-state index in [2.05, 4.69) is 3.22 Å². The molecule has 0 atom stereocenters. The van der Waals surface area contributed by atoms with E-state index in [0.717, 1.165) is 0 Å². The van der Waals surface area contributed by atoms with Gasteiger partial charge in [-0.15, -0.1) is 0 Å². The van der Waals surface area contributed by atoms with E-state index in [-0.39, 0.29) is 0 Å². The topological polar surface area (TPSA) is 124 Å². The molecule has 0 saturated heterocycles. The second-order valence-corrected chi connectivity index (χ2v) is 3.05.